The Morgan fingerprint density at radius 2 is 2.16 bits per heavy atom. The van der Waals surface area contributed by atoms with Gasteiger partial charge in [-0.05, 0) is 0 Å². The van der Waals surface area contributed by atoms with Gasteiger partial charge in [0.2, 0.25) is 0 Å². The molecule has 19 heavy (non-hydrogen) atoms. The zero-order valence-electron chi connectivity index (χ0n) is 11.1. The number of hydrogen-bond donors (Lipinski definition) is 2. The van der Waals surface area contributed by atoms with E-state index in [-0.39, 0.29) is 5.56 Å². The number of nitrogens with one attached hydrogen (secondary N) is 2. The molecule has 2 N–H and O–H groups in total. The minimum absolute atomic E-state index is 0.0462. The number of H-pyrrole nitrogens is 1. The second kappa shape index (κ2) is 5.03. The van der Waals surface area contributed by atoms with Gasteiger partial charge in [0.1, 0.15) is 11.4 Å². The van der Waals surface area contributed by atoms with Gasteiger partial charge in [-0.25, -0.2) is 4.98 Å². The molecule has 1 fully saturated rings. The van der Waals surface area contributed by atoms with Crippen molar-refractivity contribution in [3.05, 3.63) is 27.4 Å². The maximum absolute atomic E-state index is 12.2. The lowest BCUT2D eigenvalue weighted by Crippen LogP contribution is -2.41. The third-order valence-electron chi connectivity index (χ3n) is 4.06. The van der Waals surface area contributed by atoms with Gasteiger partial charge < -0.3 is 19.8 Å². The molecule has 0 spiro atoms. The van der Waals surface area contributed by atoms with E-state index in [0.29, 0.717) is 25.6 Å². The summed E-state index contributed by atoms with van der Waals surface area (Å²) in [6.07, 6.45) is 2.25. The van der Waals surface area contributed by atoms with Gasteiger partial charge in [0.25, 0.3) is 5.56 Å². The molecule has 2 aliphatic rings. The molecule has 0 amide bonds. The molecule has 3 heterocycles. The summed E-state index contributed by atoms with van der Waals surface area (Å²) < 4.78 is 11.1. The molecule has 1 aromatic heterocycles. The fourth-order valence-electron chi connectivity index (χ4n) is 2.81. The van der Waals surface area contributed by atoms with Gasteiger partial charge in [0.15, 0.2) is 0 Å². The van der Waals surface area contributed by atoms with Crippen LogP contribution in [0.15, 0.2) is 4.79 Å². The molecule has 3 rings (SSSR count). The van der Waals surface area contributed by atoms with E-state index in [4.69, 9.17) is 9.47 Å². The van der Waals surface area contributed by atoms with E-state index in [1.165, 1.54) is 0 Å². The smallest absolute Gasteiger partial charge is 0.255 e. The topological polar surface area (TPSA) is 76.2 Å². The van der Waals surface area contributed by atoms with Gasteiger partial charge in [0, 0.05) is 52.7 Å². The van der Waals surface area contributed by atoms with Crippen molar-refractivity contribution >= 4 is 0 Å². The molecule has 0 aromatic carbocycles. The summed E-state index contributed by atoms with van der Waals surface area (Å²) in [5.41, 5.74) is 1.11. The molecule has 104 valence electrons. The van der Waals surface area contributed by atoms with Crippen LogP contribution in [-0.4, -0.2) is 36.8 Å². The highest BCUT2D eigenvalue weighted by molar-refractivity contribution is 5.22. The number of hydrogen-bond acceptors (Lipinski definition) is 5. The number of rotatable bonds is 2. The highest BCUT2D eigenvalue weighted by atomic mass is 16.5. The highest BCUT2D eigenvalue weighted by Gasteiger charge is 2.37. The van der Waals surface area contributed by atoms with Crippen molar-refractivity contribution in [2.75, 3.05) is 26.9 Å². The zero-order chi connectivity index (χ0) is 13.3. The fourth-order valence-corrected chi connectivity index (χ4v) is 2.81. The summed E-state index contributed by atoms with van der Waals surface area (Å²) in [5.74, 6) is 0.656. The van der Waals surface area contributed by atoms with E-state index >= 15 is 0 Å². The Balaban J connectivity index is 2.04. The molecule has 0 radical (unpaired) electrons. The first-order chi connectivity index (χ1) is 9.25. The molecule has 1 aromatic rings. The first-order valence-corrected chi connectivity index (χ1v) is 6.71. The van der Waals surface area contributed by atoms with Crippen LogP contribution in [0, 0.1) is 0 Å². The largest absolute Gasteiger partial charge is 0.381 e. The van der Waals surface area contributed by atoms with Gasteiger partial charge in [0.05, 0.1) is 11.3 Å². The van der Waals surface area contributed by atoms with E-state index in [0.717, 1.165) is 37.1 Å². The standard InChI is InChI=1S/C13H19N3O3/c1-18-13(3-6-19-7-4-13)12-15-10-2-5-14-8-9(10)11(17)16-12/h14H,2-8H2,1H3,(H,15,16,17). The Labute approximate surface area is 111 Å². The van der Waals surface area contributed by atoms with Crippen LogP contribution in [0.3, 0.4) is 0 Å². The lowest BCUT2D eigenvalue weighted by molar-refractivity contribution is -0.100. The van der Waals surface area contributed by atoms with Crippen LogP contribution < -0.4 is 10.9 Å². The SMILES string of the molecule is COC1(c2nc3c(c(=O)[nH]2)CNCC3)CCOCC1. The predicted octanol–water partition coefficient (Wildman–Crippen LogP) is 0.0677. The number of aromatic nitrogens is 2. The van der Waals surface area contributed by atoms with Crippen LogP contribution in [0.25, 0.3) is 0 Å². The monoisotopic (exact) mass is 265 g/mol. The van der Waals surface area contributed by atoms with Gasteiger partial charge in [-0.15, -0.1) is 0 Å². The second-order valence-electron chi connectivity index (χ2n) is 5.08. The summed E-state index contributed by atoms with van der Waals surface area (Å²) in [7, 11) is 1.67. The van der Waals surface area contributed by atoms with Crippen LogP contribution in [0.2, 0.25) is 0 Å². The van der Waals surface area contributed by atoms with Crippen LogP contribution in [0.4, 0.5) is 0 Å². The first kappa shape index (κ1) is 12.8. The average Bonchev–Trinajstić information content (AvgIpc) is 2.48. The Morgan fingerprint density at radius 1 is 1.37 bits per heavy atom. The summed E-state index contributed by atoms with van der Waals surface area (Å²) in [6.45, 7) is 2.74. The van der Waals surface area contributed by atoms with Crippen LogP contribution in [0.5, 0.6) is 0 Å². The van der Waals surface area contributed by atoms with Crippen molar-refractivity contribution < 1.29 is 9.47 Å². The van der Waals surface area contributed by atoms with E-state index in [2.05, 4.69) is 15.3 Å². The van der Waals surface area contributed by atoms with E-state index in [1.807, 2.05) is 0 Å². The molecule has 6 heteroatoms. The van der Waals surface area contributed by atoms with Crippen molar-refractivity contribution in [2.45, 2.75) is 31.4 Å². The molecule has 0 aliphatic carbocycles. The lowest BCUT2D eigenvalue weighted by atomic mass is 9.92. The number of ether oxygens (including phenoxy) is 2. The van der Waals surface area contributed by atoms with Gasteiger partial charge >= 0.3 is 0 Å². The summed E-state index contributed by atoms with van der Waals surface area (Å²) >= 11 is 0. The molecule has 0 bridgehead atoms. The van der Waals surface area contributed by atoms with Crippen molar-refractivity contribution in [3.8, 4) is 0 Å². The Kier molecular flexibility index (Phi) is 3.38. The minimum atomic E-state index is -0.503. The third kappa shape index (κ3) is 2.20. The quantitative estimate of drug-likeness (QED) is 0.791. The molecule has 0 saturated carbocycles. The number of nitrogens with zero attached hydrogens (tertiary/aromatic N) is 1. The average molecular weight is 265 g/mol. The Morgan fingerprint density at radius 3 is 2.89 bits per heavy atom. The Hall–Kier alpha value is -1.24. The predicted molar refractivity (Wildman–Crippen MR) is 69.0 cm³/mol. The summed E-state index contributed by atoms with van der Waals surface area (Å²) in [4.78, 5) is 19.7. The molecular weight excluding hydrogens is 246 g/mol. The van der Waals surface area contributed by atoms with Crippen molar-refractivity contribution in [3.63, 3.8) is 0 Å². The molecular formula is C13H19N3O3. The van der Waals surface area contributed by atoms with Gasteiger partial charge in [-0.2, -0.15) is 0 Å². The lowest BCUT2D eigenvalue weighted by Gasteiger charge is -2.35. The normalized spacial score (nSPS) is 21.9. The number of fused-ring (bicyclic) bond motifs is 1. The van der Waals surface area contributed by atoms with E-state index < -0.39 is 5.60 Å². The number of aromatic amines is 1. The third-order valence-corrected chi connectivity index (χ3v) is 4.06. The molecule has 0 unspecified atom stereocenters. The molecule has 0 atom stereocenters. The highest BCUT2D eigenvalue weighted by Crippen LogP contribution is 2.33. The molecule has 1 saturated heterocycles. The first-order valence-electron chi connectivity index (χ1n) is 6.71. The summed E-state index contributed by atoms with van der Waals surface area (Å²) in [5, 5.41) is 3.19. The van der Waals surface area contributed by atoms with Crippen molar-refractivity contribution in [1.82, 2.24) is 15.3 Å². The zero-order valence-corrected chi connectivity index (χ0v) is 11.1. The fraction of sp³-hybridized carbons (Fsp3) is 0.692. The Bertz CT molecular complexity index is 520. The van der Waals surface area contributed by atoms with Crippen LogP contribution in [0.1, 0.15) is 29.9 Å². The van der Waals surface area contributed by atoms with E-state index in [9.17, 15) is 4.79 Å². The van der Waals surface area contributed by atoms with Crippen LogP contribution in [-0.2, 0) is 28.0 Å². The summed E-state index contributed by atoms with van der Waals surface area (Å²) in [6, 6.07) is 0. The van der Waals surface area contributed by atoms with E-state index in [1.54, 1.807) is 7.11 Å². The van der Waals surface area contributed by atoms with Gasteiger partial charge in [-0.1, -0.05) is 0 Å². The number of methoxy groups -OCH3 is 1. The maximum atomic E-state index is 12.2. The van der Waals surface area contributed by atoms with Crippen molar-refractivity contribution in [1.29, 1.82) is 0 Å². The van der Waals surface area contributed by atoms with Crippen molar-refractivity contribution in [2.24, 2.45) is 0 Å². The molecule has 2 aliphatic heterocycles. The molecule has 6 nitrogen and oxygen atoms in total. The maximum Gasteiger partial charge on any atom is 0.255 e. The van der Waals surface area contributed by atoms with Gasteiger partial charge in [-0.3, -0.25) is 4.79 Å². The van der Waals surface area contributed by atoms with Crippen LogP contribution >= 0.6 is 0 Å². The second-order valence-corrected chi connectivity index (χ2v) is 5.08. The minimum Gasteiger partial charge on any atom is -0.381 e.